The summed E-state index contributed by atoms with van der Waals surface area (Å²) in [5.74, 6) is -0.765. The Morgan fingerprint density at radius 2 is 2.46 bits per heavy atom. The van der Waals surface area contributed by atoms with Crippen molar-refractivity contribution in [3.63, 3.8) is 0 Å². The van der Waals surface area contributed by atoms with Crippen LogP contribution < -0.4 is 5.32 Å². The maximum absolute atomic E-state index is 11.4. The number of nitrogens with zero attached hydrogens (tertiary/aromatic N) is 1. The minimum atomic E-state index is -0.439. The predicted octanol–water partition coefficient (Wildman–Crippen LogP) is 1.82. The number of rotatable bonds is 3. The van der Waals surface area contributed by atoms with E-state index in [9.17, 15) is 9.90 Å². The van der Waals surface area contributed by atoms with Crippen LogP contribution in [-0.4, -0.2) is 16.3 Å². The maximum Gasteiger partial charge on any atom is 0.293 e. The smallest absolute Gasteiger partial charge is 0.293 e. The van der Waals surface area contributed by atoms with Gasteiger partial charge in [0.05, 0.1) is 0 Å². The van der Waals surface area contributed by atoms with Gasteiger partial charge in [-0.05, 0) is 24.9 Å². The van der Waals surface area contributed by atoms with E-state index in [-0.39, 0.29) is 17.5 Å². The lowest BCUT2D eigenvalue weighted by molar-refractivity contribution is 0.0935. The SMILES string of the molecule is CCC(C)NC(=O)c1csnc1[O]. The maximum atomic E-state index is 11.4. The molecular formula is C8H11N2O2S. The van der Waals surface area contributed by atoms with Crippen molar-refractivity contribution in [3.05, 3.63) is 10.9 Å². The Balaban J connectivity index is 2.64. The van der Waals surface area contributed by atoms with Crippen molar-refractivity contribution in [2.24, 2.45) is 0 Å². The highest BCUT2D eigenvalue weighted by Crippen LogP contribution is 2.17. The number of amides is 1. The number of hydrogen-bond donors (Lipinski definition) is 1. The molecule has 1 aromatic heterocycles. The van der Waals surface area contributed by atoms with Crippen LogP contribution in [0.5, 0.6) is 5.88 Å². The molecular weight excluding hydrogens is 188 g/mol. The molecule has 71 valence electrons. The summed E-state index contributed by atoms with van der Waals surface area (Å²) >= 11 is 1.01. The van der Waals surface area contributed by atoms with E-state index in [1.54, 1.807) is 0 Å². The van der Waals surface area contributed by atoms with Gasteiger partial charge < -0.3 is 5.32 Å². The summed E-state index contributed by atoms with van der Waals surface area (Å²) in [6.45, 7) is 3.86. The highest BCUT2D eigenvalue weighted by atomic mass is 32.1. The number of aromatic nitrogens is 1. The van der Waals surface area contributed by atoms with Gasteiger partial charge in [-0.2, -0.15) is 4.37 Å². The number of carbonyl (C=O) groups excluding carboxylic acids is 1. The fraction of sp³-hybridized carbons (Fsp3) is 0.500. The summed E-state index contributed by atoms with van der Waals surface area (Å²) in [4.78, 5) is 11.4. The molecule has 1 atom stereocenters. The van der Waals surface area contributed by atoms with Crippen molar-refractivity contribution >= 4 is 17.4 Å². The quantitative estimate of drug-likeness (QED) is 0.807. The summed E-state index contributed by atoms with van der Waals surface area (Å²) in [7, 11) is 0. The molecule has 1 aromatic rings. The van der Waals surface area contributed by atoms with Gasteiger partial charge in [0, 0.05) is 11.4 Å². The summed E-state index contributed by atoms with van der Waals surface area (Å²) in [5.41, 5.74) is 0.144. The highest BCUT2D eigenvalue weighted by Gasteiger charge is 2.15. The molecule has 0 saturated heterocycles. The Morgan fingerprint density at radius 1 is 1.77 bits per heavy atom. The molecule has 0 spiro atoms. The normalized spacial score (nSPS) is 12.5. The van der Waals surface area contributed by atoms with Crippen LogP contribution in [0.4, 0.5) is 0 Å². The van der Waals surface area contributed by atoms with E-state index < -0.39 is 5.88 Å². The van der Waals surface area contributed by atoms with Gasteiger partial charge in [0.1, 0.15) is 5.56 Å². The molecule has 13 heavy (non-hydrogen) atoms. The standard InChI is InChI=1S/C8H11N2O2S/c1-3-5(2)9-7(11)6-4-13-10-8(6)12/h4-5H,3H2,1-2H3,(H,9,11). The van der Waals surface area contributed by atoms with Crippen LogP contribution in [0.1, 0.15) is 30.6 Å². The zero-order valence-corrected chi connectivity index (χ0v) is 8.35. The number of hydrogen-bond acceptors (Lipinski definition) is 3. The summed E-state index contributed by atoms with van der Waals surface area (Å²) in [5, 5.41) is 15.1. The van der Waals surface area contributed by atoms with Gasteiger partial charge in [-0.1, -0.05) is 6.92 Å². The van der Waals surface area contributed by atoms with Gasteiger partial charge >= 0.3 is 0 Å². The molecule has 5 heteroatoms. The first-order valence-electron chi connectivity index (χ1n) is 4.07. The fourth-order valence-corrected chi connectivity index (χ4v) is 1.34. The zero-order valence-electron chi connectivity index (χ0n) is 7.53. The Labute approximate surface area is 80.8 Å². The van der Waals surface area contributed by atoms with E-state index in [4.69, 9.17) is 0 Å². The molecule has 0 aliphatic rings. The van der Waals surface area contributed by atoms with Gasteiger partial charge in [-0.15, -0.1) is 0 Å². The molecule has 1 rings (SSSR count). The Bertz CT molecular complexity index is 298. The van der Waals surface area contributed by atoms with Crippen molar-refractivity contribution in [2.75, 3.05) is 0 Å². The number of carbonyl (C=O) groups is 1. The van der Waals surface area contributed by atoms with E-state index in [1.165, 1.54) is 5.38 Å². The Morgan fingerprint density at radius 3 is 2.92 bits per heavy atom. The lowest BCUT2D eigenvalue weighted by Crippen LogP contribution is -2.31. The van der Waals surface area contributed by atoms with Crippen LogP contribution in [0.25, 0.3) is 0 Å². The second kappa shape index (κ2) is 4.23. The molecule has 0 aliphatic carbocycles. The average molecular weight is 199 g/mol. The fourth-order valence-electron chi connectivity index (χ4n) is 0.781. The van der Waals surface area contributed by atoms with Crippen LogP contribution in [0.3, 0.4) is 0 Å². The lowest BCUT2D eigenvalue weighted by Gasteiger charge is -2.09. The van der Waals surface area contributed by atoms with Gasteiger partial charge in [0.15, 0.2) is 0 Å². The van der Waals surface area contributed by atoms with E-state index in [2.05, 4.69) is 9.69 Å². The van der Waals surface area contributed by atoms with Crippen LogP contribution in [0, 0.1) is 0 Å². The largest absolute Gasteiger partial charge is 0.349 e. The van der Waals surface area contributed by atoms with Crippen molar-refractivity contribution in [3.8, 4) is 5.88 Å². The minimum Gasteiger partial charge on any atom is -0.349 e. The Kier molecular flexibility index (Phi) is 3.25. The first-order chi connectivity index (χ1) is 6.15. The molecule has 4 nitrogen and oxygen atoms in total. The van der Waals surface area contributed by atoms with Crippen LogP contribution >= 0.6 is 11.5 Å². The van der Waals surface area contributed by atoms with Gasteiger partial charge in [-0.3, -0.25) is 9.90 Å². The van der Waals surface area contributed by atoms with Gasteiger partial charge in [-0.25, -0.2) is 0 Å². The first kappa shape index (κ1) is 9.98. The third-order valence-electron chi connectivity index (χ3n) is 1.77. The van der Waals surface area contributed by atoms with E-state index >= 15 is 0 Å². The van der Waals surface area contributed by atoms with E-state index in [0.29, 0.717) is 0 Å². The molecule has 1 unspecified atom stereocenters. The molecule has 1 N–H and O–H groups in total. The average Bonchev–Trinajstić information content (AvgIpc) is 2.51. The van der Waals surface area contributed by atoms with Crippen molar-refractivity contribution in [1.29, 1.82) is 0 Å². The minimum absolute atomic E-state index is 0.0896. The Hall–Kier alpha value is -1.10. The molecule has 0 aromatic carbocycles. The third-order valence-corrected chi connectivity index (χ3v) is 2.38. The second-order valence-electron chi connectivity index (χ2n) is 2.82. The van der Waals surface area contributed by atoms with Gasteiger partial charge in [0.2, 0.25) is 0 Å². The third kappa shape index (κ3) is 2.42. The van der Waals surface area contributed by atoms with E-state index in [1.807, 2.05) is 13.8 Å². The predicted molar refractivity (Wildman–Crippen MR) is 49.5 cm³/mol. The van der Waals surface area contributed by atoms with E-state index in [0.717, 1.165) is 18.0 Å². The molecule has 0 saturated carbocycles. The topological polar surface area (TPSA) is 61.9 Å². The zero-order chi connectivity index (χ0) is 9.84. The second-order valence-corrected chi connectivity index (χ2v) is 3.45. The monoisotopic (exact) mass is 199 g/mol. The summed E-state index contributed by atoms with van der Waals surface area (Å²) < 4.78 is 3.50. The van der Waals surface area contributed by atoms with Crippen LogP contribution in [0.2, 0.25) is 0 Å². The lowest BCUT2D eigenvalue weighted by atomic mass is 10.2. The highest BCUT2D eigenvalue weighted by molar-refractivity contribution is 7.04. The number of nitrogens with one attached hydrogen (secondary N) is 1. The molecule has 0 aliphatic heterocycles. The molecule has 0 fully saturated rings. The van der Waals surface area contributed by atoms with Crippen molar-refractivity contribution < 1.29 is 9.90 Å². The van der Waals surface area contributed by atoms with Gasteiger partial charge in [0.25, 0.3) is 11.8 Å². The van der Waals surface area contributed by atoms with Crippen LogP contribution in [0.15, 0.2) is 5.38 Å². The van der Waals surface area contributed by atoms with Crippen LogP contribution in [-0.2, 0) is 5.11 Å². The molecule has 1 radical (unpaired) electrons. The molecule has 1 amide bonds. The summed E-state index contributed by atoms with van der Waals surface area (Å²) in [6.07, 6.45) is 0.845. The molecule has 0 bridgehead atoms. The molecule has 1 heterocycles. The first-order valence-corrected chi connectivity index (χ1v) is 4.91. The summed E-state index contributed by atoms with van der Waals surface area (Å²) in [6, 6.07) is 0.0896. The van der Waals surface area contributed by atoms with Crippen molar-refractivity contribution in [2.45, 2.75) is 26.3 Å². The van der Waals surface area contributed by atoms with Crippen molar-refractivity contribution in [1.82, 2.24) is 9.69 Å².